The van der Waals surface area contributed by atoms with E-state index < -0.39 is 17.5 Å². The summed E-state index contributed by atoms with van der Waals surface area (Å²) in [4.78, 5) is 49.9. The standard InChI is InChI=1S/C22H29N5O4/c1-13(28)27-11-15-6-4-8-18(17(15)12-27)24-20(30)23-10-14-5-3-7-16(9-14)22(2)19(29)25-21(31)26-22/h3,5,7,9,15,17-18H,4,6,8,10-12H2,1-2H3,(H2,23,24,30)(H2,25,26,29,31). The molecular formula is C22H29N5O4. The number of nitrogens with zero attached hydrogens (tertiary/aromatic N) is 1. The van der Waals surface area contributed by atoms with Gasteiger partial charge in [0.1, 0.15) is 5.54 Å². The van der Waals surface area contributed by atoms with Gasteiger partial charge in [0.15, 0.2) is 0 Å². The van der Waals surface area contributed by atoms with Crippen LogP contribution in [0, 0.1) is 11.8 Å². The highest BCUT2D eigenvalue weighted by atomic mass is 16.2. The molecule has 4 N–H and O–H groups in total. The van der Waals surface area contributed by atoms with Gasteiger partial charge in [-0.05, 0) is 36.8 Å². The van der Waals surface area contributed by atoms with Crippen LogP contribution in [0.5, 0.6) is 0 Å². The molecule has 0 bridgehead atoms. The molecule has 1 aromatic carbocycles. The zero-order chi connectivity index (χ0) is 22.2. The molecule has 4 atom stereocenters. The second kappa shape index (κ2) is 8.20. The summed E-state index contributed by atoms with van der Waals surface area (Å²) < 4.78 is 0. The Morgan fingerprint density at radius 3 is 2.74 bits per heavy atom. The number of nitrogens with one attached hydrogen (secondary N) is 4. The van der Waals surface area contributed by atoms with E-state index in [1.54, 1.807) is 26.0 Å². The maximum Gasteiger partial charge on any atom is 0.322 e. The summed E-state index contributed by atoms with van der Waals surface area (Å²) in [6.07, 6.45) is 3.07. The third kappa shape index (κ3) is 4.22. The van der Waals surface area contributed by atoms with Crippen molar-refractivity contribution in [1.82, 2.24) is 26.2 Å². The molecule has 6 amide bonds. The van der Waals surface area contributed by atoms with Crippen LogP contribution >= 0.6 is 0 Å². The third-order valence-corrected chi connectivity index (χ3v) is 6.86. The Hall–Kier alpha value is -3.10. The van der Waals surface area contributed by atoms with Gasteiger partial charge < -0.3 is 20.9 Å². The summed E-state index contributed by atoms with van der Waals surface area (Å²) in [5.74, 6) is 0.450. The van der Waals surface area contributed by atoms with Gasteiger partial charge in [0.2, 0.25) is 5.91 Å². The van der Waals surface area contributed by atoms with Crippen molar-refractivity contribution in [2.24, 2.45) is 11.8 Å². The summed E-state index contributed by atoms with van der Waals surface area (Å²) in [7, 11) is 0. The largest absolute Gasteiger partial charge is 0.342 e. The SMILES string of the molecule is CC(=O)N1CC2CCCC(NC(=O)NCc3cccc(C4(C)NC(=O)NC4=O)c3)C2C1. The molecule has 9 nitrogen and oxygen atoms in total. The summed E-state index contributed by atoms with van der Waals surface area (Å²) in [5, 5.41) is 10.9. The summed E-state index contributed by atoms with van der Waals surface area (Å²) in [6, 6.07) is 6.55. The minimum Gasteiger partial charge on any atom is -0.342 e. The fraction of sp³-hybridized carbons (Fsp3) is 0.545. The fourth-order valence-electron chi connectivity index (χ4n) is 5.05. The highest BCUT2D eigenvalue weighted by Gasteiger charge is 2.43. The predicted molar refractivity (Wildman–Crippen MR) is 113 cm³/mol. The quantitative estimate of drug-likeness (QED) is 0.540. The summed E-state index contributed by atoms with van der Waals surface area (Å²) in [5.41, 5.74) is 0.353. The number of carbonyl (C=O) groups is 4. The predicted octanol–water partition coefficient (Wildman–Crippen LogP) is 1.19. The van der Waals surface area contributed by atoms with Crippen molar-refractivity contribution in [3.8, 4) is 0 Å². The number of imide groups is 1. The number of likely N-dealkylation sites (tertiary alicyclic amines) is 1. The van der Waals surface area contributed by atoms with E-state index in [9.17, 15) is 19.2 Å². The number of hydrogen-bond acceptors (Lipinski definition) is 4. The third-order valence-electron chi connectivity index (χ3n) is 6.86. The average molecular weight is 428 g/mol. The Labute approximate surface area is 181 Å². The van der Waals surface area contributed by atoms with Crippen molar-refractivity contribution >= 4 is 23.9 Å². The van der Waals surface area contributed by atoms with Gasteiger partial charge in [-0.25, -0.2) is 9.59 Å². The minimum absolute atomic E-state index is 0.0609. The number of benzene rings is 1. The zero-order valence-electron chi connectivity index (χ0n) is 17.9. The highest BCUT2D eigenvalue weighted by Crippen LogP contribution is 2.36. The Morgan fingerprint density at radius 2 is 2.03 bits per heavy atom. The molecule has 3 aliphatic rings. The van der Waals surface area contributed by atoms with Crippen LogP contribution in [0.2, 0.25) is 0 Å². The lowest BCUT2D eigenvalue weighted by Gasteiger charge is -2.33. The van der Waals surface area contributed by atoms with Crippen molar-refractivity contribution in [1.29, 1.82) is 0 Å². The fourth-order valence-corrected chi connectivity index (χ4v) is 5.05. The van der Waals surface area contributed by atoms with Gasteiger partial charge in [0.25, 0.3) is 5.91 Å². The Bertz CT molecular complexity index is 919. The second-order valence-corrected chi connectivity index (χ2v) is 8.95. The van der Waals surface area contributed by atoms with E-state index in [-0.39, 0.29) is 18.0 Å². The lowest BCUT2D eigenvalue weighted by atomic mass is 9.78. The number of urea groups is 2. The van der Waals surface area contributed by atoms with Crippen LogP contribution in [0.3, 0.4) is 0 Å². The van der Waals surface area contributed by atoms with Crippen LogP contribution in [0.15, 0.2) is 24.3 Å². The van der Waals surface area contributed by atoms with Crippen molar-refractivity contribution in [2.75, 3.05) is 13.1 Å². The molecule has 2 aliphatic heterocycles. The zero-order valence-corrected chi connectivity index (χ0v) is 17.9. The van der Waals surface area contributed by atoms with Gasteiger partial charge in [0, 0.05) is 38.5 Å². The van der Waals surface area contributed by atoms with E-state index in [1.807, 2.05) is 17.0 Å². The first-order valence-electron chi connectivity index (χ1n) is 10.8. The van der Waals surface area contributed by atoms with Gasteiger partial charge in [-0.2, -0.15) is 0 Å². The number of carbonyl (C=O) groups excluding carboxylic acids is 4. The molecule has 1 aliphatic carbocycles. The van der Waals surface area contributed by atoms with Crippen LogP contribution in [-0.2, 0) is 21.7 Å². The van der Waals surface area contributed by atoms with E-state index in [0.717, 1.165) is 31.4 Å². The molecule has 1 aromatic rings. The molecule has 31 heavy (non-hydrogen) atoms. The molecule has 4 unspecified atom stereocenters. The topological polar surface area (TPSA) is 120 Å². The highest BCUT2D eigenvalue weighted by molar-refractivity contribution is 6.07. The van der Waals surface area contributed by atoms with E-state index in [4.69, 9.17) is 0 Å². The molecule has 3 fully saturated rings. The number of rotatable bonds is 4. The van der Waals surface area contributed by atoms with Crippen LogP contribution in [0.1, 0.15) is 44.2 Å². The normalized spacial score (nSPS) is 29.7. The molecule has 2 saturated heterocycles. The maximum absolute atomic E-state index is 12.6. The van der Waals surface area contributed by atoms with Crippen molar-refractivity contribution < 1.29 is 19.2 Å². The molecule has 2 heterocycles. The average Bonchev–Trinajstić information content (AvgIpc) is 3.28. The molecule has 0 radical (unpaired) electrons. The Kier molecular flexibility index (Phi) is 5.60. The van der Waals surface area contributed by atoms with Crippen molar-refractivity contribution in [2.45, 2.75) is 51.2 Å². The first-order chi connectivity index (χ1) is 14.8. The number of fused-ring (bicyclic) bond motifs is 1. The van der Waals surface area contributed by atoms with Gasteiger partial charge >= 0.3 is 12.1 Å². The maximum atomic E-state index is 12.6. The summed E-state index contributed by atoms with van der Waals surface area (Å²) in [6.45, 7) is 5.04. The molecular weight excluding hydrogens is 398 g/mol. The van der Waals surface area contributed by atoms with Crippen LogP contribution < -0.4 is 21.3 Å². The van der Waals surface area contributed by atoms with Crippen molar-refractivity contribution in [3.05, 3.63) is 35.4 Å². The molecule has 4 rings (SSSR count). The van der Waals surface area contributed by atoms with E-state index >= 15 is 0 Å². The number of hydrogen-bond donors (Lipinski definition) is 4. The van der Waals surface area contributed by atoms with Gasteiger partial charge in [0.05, 0.1) is 0 Å². The van der Waals surface area contributed by atoms with Gasteiger partial charge in [-0.1, -0.05) is 30.7 Å². The van der Waals surface area contributed by atoms with Crippen LogP contribution in [0.4, 0.5) is 9.59 Å². The monoisotopic (exact) mass is 427 g/mol. The lowest BCUT2D eigenvalue weighted by Crippen LogP contribution is -2.49. The minimum atomic E-state index is -1.13. The van der Waals surface area contributed by atoms with Gasteiger partial charge in [-0.3, -0.25) is 14.9 Å². The summed E-state index contributed by atoms with van der Waals surface area (Å²) >= 11 is 0. The molecule has 166 valence electrons. The smallest absolute Gasteiger partial charge is 0.322 e. The second-order valence-electron chi connectivity index (χ2n) is 8.95. The Balaban J connectivity index is 1.35. The number of amides is 6. The van der Waals surface area contributed by atoms with E-state index in [1.165, 1.54) is 0 Å². The van der Waals surface area contributed by atoms with Crippen LogP contribution in [0.25, 0.3) is 0 Å². The molecule has 0 aromatic heterocycles. The van der Waals surface area contributed by atoms with E-state index in [2.05, 4.69) is 21.3 Å². The van der Waals surface area contributed by atoms with Crippen LogP contribution in [-0.4, -0.2) is 47.9 Å². The first-order valence-corrected chi connectivity index (χ1v) is 10.8. The lowest BCUT2D eigenvalue weighted by molar-refractivity contribution is -0.128. The molecule has 9 heteroatoms. The van der Waals surface area contributed by atoms with Crippen molar-refractivity contribution in [3.63, 3.8) is 0 Å². The Morgan fingerprint density at radius 1 is 1.23 bits per heavy atom. The molecule has 1 saturated carbocycles. The first kappa shape index (κ1) is 21.1. The van der Waals surface area contributed by atoms with E-state index in [0.29, 0.717) is 30.5 Å². The van der Waals surface area contributed by atoms with Gasteiger partial charge in [-0.15, -0.1) is 0 Å². The molecule has 0 spiro atoms.